The maximum atomic E-state index is 13.5. The van der Waals surface area contributed by atoms with E-state index in [9.17, 15) is 19.3 Å². The van der Waals surface area contributed by atoms with Gasteiger partial charge in [0, 0.05) is 25.3 Å². The zero-order valence-electron chi connectivity index (χ0n) is 10.8. The van der Waals surface area contributed by atoms with E-state index in [0.717, 1.165) is 6.07 Å². The van der Waals surface area contributed by atoms with Gasteiger partial charge in [0.1, 0.15) is 17.1 Å². The van der Waals surface area contributed by atoms with Crippen LogP contribution in [0.3, 0.4) is 0 Å². The van der Waals surface area contributed by atoms with Gasteiger partial charge in [0.15, 0.2) is 0 Å². The van der Waals surface area contributed by atoms with Crippen molar-refractivity contribution in [2.24, 2.45) is 5.92 Å². The Labute approximate surface area is 114 Å². The van der Waals surface area contributed by atoms with E-state index in [-0.39, 0.29) is 18.2 Å². The van der Waals surface area contributed by atoms with Crippen molar-refractivity contribution >= 4 is 17.3 Å². The maximum Gasteiger partial charge on any atom is 0.338 e. The van der Waals surface area contributed by atoms with E-state index >= 15 is 0 Å². The Hall–Kier alpha value is -2.22. The summed E-state index contributed by atoms with van der Waals surface area (Å²) in [5.41, 5.74) is -1.33. The van der Waals surface area contributed by atoms with E-state index < -0.39 is 28.0 Å². The Morgan fingerprint density at radius 1 is 1.55 bits per heavy atom. The van der Waals surface area contributed by atoms with Crippen LogP contribution in [-0.2, 0) is 0 Å². The van der Waals surface area contributed by atoms with Gasteiger partial charge in [-0.3, -0.25) is 10.1 Å². The van der Waals surface area contributed by atoms with Gasteiger partial charge in [0.05, 0.1) is 4.92 Å². The summed E-state index contributed by atoms with van der Waals surface area (Å²) in [5, 5.41) is 31.1. The van der Waals surface area contributed by atoms with Gasteiger partial charge in [-0.15, -0.1) is 0 Å². The number of aliphatic hydroxyl groups excluding tert-OH is 1. The first kappa shape index (κ1) is 15.8. The lowest BCUT2D eigenvalue weighted by molar-refractivity contribution is -0.384. The number of aromatic carboxylic acids is 1. The zero-order valence-corrected chi connectivity index (χ0v) is 10.8. The van der Waals surface area contributed by atoms with Gasteiger partial charge in [-0.1, -0.05) is 6.92 Å². The van der Waals surface area contributed by atoms with E-state index in [0.29, 0.717) is 19.0 Å². The Morgan fingerprint density at radius 2 is 2.20 bits per heavy atom. The molecule has 0 bridgehead atoms. The molecule has 0 aliphatic heterocycles. The predicted molar refractivity (Wildman–Crippen MR) is 69.4 cm³/mol. The first-order valence-corrected chi connectivity index (χ1v) is 5.92. The smallest absolute Gasteiger partial charge is 0.338 e. The third kappa shape index (κ3) is 3.89. The highest BCUT2D eigenvalue weighted by Crippen LogP contribution is 2.28. The van der Waals surface area contributed by atoms with Crippen LogP contribution in [0.1, 0.15) is 23.7 Å². The third-order valence-corrected chi connectivity index (χ3v) is 2.78. The van der Waals surface area contributed by atoms with Crippen LogP contribution < -0.4 is 5.32 Å². The summed E-state index contributed by atoms with van der Waals surface area (Å²) >= 11 is 0. The van der Waals surface area contributed by atoms with Crippen LogP contribution in [0, 0.1) is 21.8 Å². The fraction of sp³-hybridized carbons (Fsp3) is 0.417. The quantitative estimate of drug-likeness (QED) is 0.521. The SMILES string of the molecule is CC(CCO)CNc1cc(F)c(C(=O)O)cc1[N+](=O)[O-]. The number of nitrogens with zero attached hydrogens (tertiary/aromatic N) is 1. The van der Waals surface area contributed by atoms with Crippen LogP contribution >= 0.6 is 0 Å². The number of anilines is 1. The van der Waals surface area contributed by atoms with Crippen LogP contribution in [0.25, 0.3) is 0 Å². The molecule has 0 saturated carbocycles. The number of nitrogens with one attached hydrogen (secondary N) is 1. The van der Waals surface area contributed by atoms with Crippen LogP contribution in [0.2, 0.25) is 0 Å². The molecule has 1 aromatic rings. The topological polar surface area (TPSA) is 113 Å². The number of hydrogen-bond acceptors (Lipinski definition) is 5. The second-order valence-electron chi connectivity index (χ2n) is 4.41. The van der Waals surface area contributed by atoms with Gasteiger partial charge in [-0.05, 0) is 12.3 Å². The van der Waals surface area contributed by atoms with E-state index in [1.807, 2.05) is 6.92 Å². The highest BCUT2D eigenvalue weighted by atomic mass is 19.1. The molecular weight excluding hydrogens is 271 g/mol. The second kappa shape index (κ2) is 6.80. The molecule has 1 atom stereocenters. The lowest BCUT2D eigenvalue weighted by Crippen LogP contribution is -2.14. The van der Waals surface area contributed by atoms with Crippen molar-refractivity contribution in [2.75, 3.05) is 18.5 Å². The summed E-state index contributed by atoms with van der Waals surface area (Å²) in [7, 11) is 0. The van der Waals surface area contributed by atoms with Gasteiger partial charge in [-0.2, -0.15) is 0 Å². The van der Waals surface area contributed by atoms with E-state index in [1.165, 1.54) is 0 Å². The van der Waals surface area contributed by atoms with Crippen molar-refractivity contribution in [1.29, 1.82) is 0 Å². The van der Waals surface area contributed by atoms with Crippen molar-refractivity contribution < 1.29 is 24.3 Å². The summed E-state index contributed by atoms with van der Waals surface area (Å²) in [6.07, 6.45) is 0.497. The molecule has 0 aliphatic carbocycles. The highest BCUT2D eigenvalue weighted by Gasteiger charge is 2.22. The number of carboxylic acid groups (broad SMARTS) is 1. The molecule has 3 N–H and O–H groups in total. The highest BCUT2D eigenvalue weighted by molar-refractivity contribution is 5.90. The van der Waals surface area contributed by atoms with Crippen LogP contribution in [0.5, 0.6) is 0 Å². The molecule has 7 nitrogen and oxygen atoms in total. The maximum absolute atomic E-state index is 13.5. The summed E-state index contributed by atoms with van der Waals surface area (Å²) in [6, 6.07) is 1.49. The van der Waals surface area contributed by atoms with Crippen molar-refractivity contribution in [2.45, 2.75) is 13.3 Å². The average molecular weight is 286 g/mol. The molecular formula is C12H15FN2O5. The van der Waals surface area contributed by atoms with Crippen molar-refractivity contribution in [1.82, 2.24) is 0 Å². The van der Waals surface area contributed by atoms with Gasteiger partial charge in [-0.25, -0.2) is 9.18 Å². The third-order valence-electron chi connectivity index (χ3n) is 2.78. The number of halogens is 1. The number of aliphatic hydroxyl groups is 1. The number of nitro benzene ring substituents is 1. The summed E-state index contributed by atoms with van der Waals surface area (Å²) < 4.78 is 13.5. The van der Waals surface area contributed by atoms with Crippen molar-refractivity contribution in [3.63, 3.8) is 0 Å². The molecule has 0 aliphatic rings. The fourth-order valence-corrected chi connectivity index (χ4v) is 1.63. The minimum atomic E-state index is -1.56. The molecule has 8 heteroatoms. The lowest BCUT2D eigenvalue weighted by atomic mass is 10.1. The fourth-order valence-electron chi connectivity index (χ4n) is 1.63. The monoisotopic (exact) mass is 286 g/mol. The predicted octanol–water partition coefficient (Wildman–Crippen LogP) is 1.86. The molecule has 0 amide bonds. The largest absolute Gasteiger partial charge is 0.478 e. The molecule has 0 saturated heterocycles. The zero-order chi connectivity index (χ0) is 15.3. The molecule has 0 heterocycles. The Balaban J connectivity index is 3.03. The van der Waals surface area contributed by atoms with Gasteiger partial charge in [0.25, 0.3) is 5.69 Å². The molecule has 20 heavy (non-hydrogen) atoms. The number of rotatable bonds is 7. The van der Waals surface area contributed by atoms with Crippen LogP contribution in [0.4, 0.5) is 15.8 Å². The molecule has 1 aromatic carbocycles. The number of carboxylic acids is 1. The second-order valence-corrected chi connectivity index (χ2v) is 4.41. The summed E-state index contributed by atoms with van der Waals surface area (Å²) in [4.78, 5) is 20.9. The standard InChI is InChI=1S/C12H15FN2O5/c1-7(2-3-16)6-14-10-5-9(13)8(12(17)18)4-11(10)15(19)20/h4-5,7,14,16H,2-3,6H2,1H3,(H,17,18). The summed E-state index contributed by atoms with van der Waals surface area (Å²) in [5.74, 6) is -2.58. The van der Waals surface area contributed by atoms with Gasteiger partial charge in [0.2, 0.25) is 0 Å². The molecule has 0 spiro atoms. The molecule has 0 fully saturated rings. The molecule has 0 aromatic heterocycles. The lowest BCUT2D eigenvalue weighted by Gasteiger charge is -2.13. The van der Waals surface area contributed by atoms with Crippen molar-refractivity contribution in [3.8, 4) is 0 Å². The molecule has 110 valence electrons. The molecule has 1 unspecified atom stereocenters. The summed E-state index contributed by atoms with van der Waals surface area (Å²) in [6.45, 7) is 2.10. The van der Waals surface area contributed by atoms with E-state index in [1.54, 1.807) is 0 Å². The number of benzene rings is 1. The minimum absolute atomic E-state index is 0.0166. The van der Waals surface area contributed by atoms with Gasteiger partial charge < -0.3 is 15.5 Å². The number of hydrogen-bond donors (Lipinski definition) is 3. The average Bonchev–Trinajstić information content (AvgIpc) is 2.35. The Morgan fingerprint density at radius 3 is 2.70 bits per heavy atom. The first-order chi connectivity index (χ1) is 9.36. The normalized spacial score (nSPS) is 11.9. The minimum Gasteiger partial charge on any atom is -0.478 e. The van der Waals surface area contributed by atoms with Crippen molar-refractivity contribution in [3.05, 3.63) is 33.6 Å². The molecule has 0 radical (unpaired) electrons. The number of nitro groups is 1. The van der Waals surface area contributed by atoms with E-state index in [4.69, 9.17) is 10.2 Å². The number of carbonyl (C=O) groups is 1. The molecule has 1 rings (SSSR count). The van der Waals surface area contributed by atoms with Gasteiger partial charge >= 0.3 is 5.97 Å². The van der Waals surface area contributed by atoms with Crippen LogP contribution in [-0.4, -0.2) is 34.3 Å². The Bertz CT molecular complexity index is 521. The van der Waals surface area contributed by atoms with Crippen LogP contribution in [0.15, 0.2) is 12.1 Å². The van der Waals surface area contributed by atoms with E-state index in [2.05, 4.69) is 5.32 Å². The first-order valence-electron chi connectivity index (χ1n) is 5.92. The Kier molecular flexibility index (Phi) is 5.39.